The molecule has 132 valence electrons. The van der Waals surface area contributed by atoms with Crippen molar-refractivity contribution in [2.45, 2.75) is 19.4 Å². The average molecular weight is 370 g/mol. The maximum absolute atomic E-state index is 12.6. The van der Waals surface area contributed by atoms with Crippen LogP contribution in [0.3, 0.4) is 0 Å². The molecule has 26 heavy (non-hydrogen) atoms. The number of aromatic amines is 1. The molecule has 1 fully saturated rings. The molecule has 0 spiro atoms. The molecule has 4 rings (SSSR count). The number of halogens is 1. The first-order valence-electron chi connectivity index (χ1n) is 8.19. The van der Waals surface area contributed by atoms with Crippen molar-refractivity contribution >= 4 is 28.4 Å². The largest absolute Gasteiger partial charge is 0.373 e. The molecule has 0 radical (unpaired) electrons. The summed E-state index contributed by atoms with van der Waals surface area (Å²) >= 11 is 6.44. The molecule has 1 saturated heterocycles. The quantitative estimate of drug-likeness (QED) is 0.741. The Morgan fingerprint density at radius 2 is 2.15 bits per heavy atom. The summed E-state index contributed by atoms with van der Waals surface area (Å²) < 4.78 is 5.52. The minimum atomic E-state index is -0.738. The highest BCUT2D eigenvalue weighted by atomic mass is 35.5. The van der Waals surface area contributed by atoms with Gasteiger partial charge in [0.25, 0.3) is 5.91 Å². The molecule has 1 atom stereocenters. The van der Waals surface area contributed by atoms with Gasteiger partial charge in [-0.3, -0.25) is 14.6 Å². The van der Waals surface area contributed by atoms with Crippen molar-refractivity contribution < 1.29 is 9.53 Å². The van der Waals surface area contributed by atoms with E-state index in [0.717, 1.165) is 29.7 Å². The number of carbonyl (C=O) groups is 1. The van der Waals surface area contributed by atoms with E-state index < -0.39 is 5.91 Å². The number of pyridine rings is 2. The third-order valence-electron chi connectivity index (χ3n) is 4.66. The third-order valence-corrected chi connectivity index (χ3v) is 4.98. The number of benzene rings is 1. The zero-order valence-electron chi connectivity index (χ0n) is 14.0. The number of rotatable bonds is 3. The van der Waals surface area contributed by atoms with Crippen LogP contribution in [0.15, 0.2) is 35.3 Å². The van der Waals surface area contributed by atoms with Gasteiger partial charge in [0.2, 0.25) is 0 Å². The van der Waals surface area contributed by atoms with Gasteiger partial charge >= 0.3 is 0 Å². The summed E-state index contributed by atoms with van der Waals surface area (Å²) in [5.74, 6) is -0.738. The zero-order chi connectivity index (χ0) is 18.4. The van der Waals surface area contributed by atoms with E-state index >= 15 is 0 Å². The molecule has 3 aromatic rings. The molecule has 1 aliphatic rings. The number of primary amides is 1. The van der Waals surface area contributed by atoms with Gasteiger partial charge < -0.3 is 15.5 Å². The molecule has 1 aliphatic heterocycles. The Morgan fingerprint density at radius 1 is 1.38 bits per heavy atom. The van der Waals surface area contributed by atoms with Crippen molar-refractivity contribution in [1.82, 2.24) is 9.97 Å². The highest BCUT2D eigenvalue weighted by molar-refractivity contribution is 6.31. The first kappa shape index (κ1) is 16.8. The van der Waals surface area contributed by atoms with Crippen molar-refractivity contribution in [2.75, 3.05) is 6.61 Å². The highest BCUT2D eigenvalue weighted by Gasteiger charge is 2.24. The number of aromatic nitrogens is 2. The van der Waals surface area contributed by atoms with Gasteiger partial charge in [-0.15, -0.1) is 0 Å². The number of hydrogen-bond acceptors (Lipinski definition) is 4. The SMILES string of the molecule is Cc1cc(C2CCO2)c(Cl)cc1-c1cc(=O)c2c(C(N)=O)nccc2[nH]1. The van der Waals surface area contributed by atoms with Crippen molar-refractivity contribution in [2.24, 2.45) is 5.73 Å². The number of carbonyl (C=O) groups excluding carboxylic acids is 1. The van der Waals surface area contributed by atoms with Gasteiger partial charge in [-0.05, 0) is 30.2 Å². The standard InChI is InChI=1S/C19H16ClN3O3/c1-9-6-11(16-3-5-26-16)12(20)7-10(9)14-8-15(24)17-13(23-14)2-4-22-18(17)19(21)25/h2,4,6-8,16H,3,5H2,1H3,(H2,21,25)(H,23,24). The molecule has 0 saturated carbocycles. The van der Waals surface area contributed by atoms with Crippen LogP contribution in [0.4, 0.5) is 0 Å². The second-order valence-corrected chi connectivity index (χ2v) is 6.74. The zero-order valence-corrected chi connectivity index (χ0v) is 14.8. The van der Waals surface area contributed by atoms with E-state index in [-0.39, 0.29) is 22.6 Å². The topological polar surface area (TPSA) is 98.1 Å². The van der Waals surface area contributed by atoms with Crippen LogP contribution in [0, 0.1) is 6.92 Å². The summed E-state index contributed by atoms with van der Waals surface area (Å²) in [6, 6.07) is 6.90. The first-order chi connectivity index (χ1) is 12.5. The van der Waals surface area contributed by atoms with Crippen LogP contribution >= 0.6 is 11.6 Å². The minimum Gasteiger partial charge on any atom is -0.373 e. The fourth-order valence-corrected chi connectivity index (χ4v) is 3.54. The van der Waals surface area contributed by atoms with Gasteiger partial charge in [0.05, 0.1) is 29.3 Å². The monoisotopic (exact) mass is 369 g/mol. The van der Waals surface area contributed by atoms with Crippen LogP contribution in [-0.2, 0) is 4.74 Å². The van der Waals surface area contributed by atoms with Crippen molar-refractivity contribution in [1.29, 1.82) is 0 Å². The first-order valence-corrected chi connectivity index (χ1v) is 8.57. The fourth-order valence-electron chi connectivity index (χ4n) is 3.25. The van der Waals surface area contributed by atoms with Gasteiger partial charge in [-0.1, -0.05) is 17.7 Å². The summed E-state index contributed by atoms with van der Waals surface area (Å²) in [6.45, 7) is 2.70. The predicted molar refractivity (Wildman–Crippen MR) is 99.4 cm³/mol. The summed E-state index contributed by atoms with van der Waals surface area (Å²) in [4.78, 5) is 31.2. The number of nitrogens with one attached hydrogen (secondary N) is 1. The van der Waals surface area contributed by atoms with Crippen molar-refractivity contribution in [3.8, 4) is 11.3 Å². The van der Waals surface area contributed by atoms with Crippen LogP contribution < -0.4 is 11.2 Å². The molecule has 0 bridgehead atoms. The van der Waals surface area contributed by atoms with Gasteiger partial charge in [0, 0.05) is 29.3 Å². The number of amides is 1. The molecular weight excluding hydrogens is 354 g/mol. The maximum Gasteiger partial charge on any atom is 0.268 e. The van der Waals surface area contributed by atoms with E-state index in [1.165, 1.54) is 12.3 Å². The summed E-state index contributed by atoms with van der Waals surface area (Å²) in [7, 11) is 0. The molecular formula is C19H16ClN3O3. The molecule has 1 aromatic carbocycles. The molecule has 0 aliphatic carbocycles. The Hall–Kier alpha value is -2.70. The van der Waals surface area contributed by atoms with Crippen LogP contribution in [-0.4, -0.2) is 22.5 Å². The maximum atomic E-state index is 12.6. The smallest absolute Gasteiger partial charge is 0.268 e. The minimum absolute atomic E-state index is 0.0371. The lowest BCUT2D eigenvalue weighted by molar-refractivity contribution is -0.0526. The van der Waals surface area contributed by atoms with Crippen LogP contribution in [0.1, 0.15) is 34.1 Å². The summed E-state index contributed by atoms with van der Waals surface area (Å²) in [6.07, 6.45) is 2.43. The van der Waals surface area contributed by atoms with E-state index in [9.17, 15) is 9.59 Å². The third kappa shape index (κ3) is 2.67. The fraction of sp³-hybridized carbons (Fsp3) is 0.211. The highest BCUT2D eigenvalue weighted by Crippen LogP contribution is 2.37. The van der Waals surface area contributed by atoms with Crippen molar-refractivity contribution in [3.63, 3.8) is 0 Å². The summed E-state index contributed by atoms with van der Waals surface area (Å²) in [5, 5.41) is 0.788. The lowest BCUT2D eigenvalue weighted by Crippen LogP contribution is -2.19. The van der Waals surface area contributed by atoms with Gasteiger partial charge in [0.1, 0.15) is 5.69 Å². The Balaban J connectivity index is 1.89. The van der Waals surface area contributed by atoms with Crippen LogP contribution in [0.2, 0.25) is 5.02 Å². The van der Waals surface area contributed by atoms with Gasteiger partial charge in [-0.2, -0.15) is 0 Å². The van der Waals surface area contributed by atoms with Crippen LogP contribution in [0.25, 0.3) is 22.2 Å². The Kier molecular flexibility index (Phi) is 4.01. The van der Waals surface area contributed by atoms with E-state index in [0.29, 0.717) is 16.2 Å². The second-order valence-electron chi connectivity index (χ2n) is 6.33. The Morgan fingerprint density at radius 3 is 2.81 bits per heavy atom. The number of H-pyrrole nitrogens is 1. The van der Waals surface area contributed by atoms with E-state index in [4.69, 9.17) is 22.1 Å². The summed E-state index contributed by atoms with van der Waals surface area (Å²) in [5.41, 5.74) is 8.82. The second kappa shape index (κ2) is 6.23. The Bertz CT molecular complexity index is 1100. The molecule has 7 heteroatoms. The molecule has 3 N–H and O–H groups in total. The van der Waals surface area contributed by atoms with Gasteiger partial charge in [0.15, 0.2) is 5.43 Å². The van der Waals surface area contributed by atoms with Crippen LogP contribution in [0.5, 0.6) is 0 Å². The predicted octanol–water partition coefficient (Wildman–Crippen LogP) is 3.11. The van der Waals surface area contributed by atoms with Crippen molar-refractivity contribution in [3.05, 3.63) is 62.5 Å². The molecule has 2 aromatic heterocycles. The molecule has 3 heterocycles. The number of aryl methyl sites for hydroxylation is 1. The number of fused-ring (bicyclic) bond motifs is 1. The lowest BCUT2D eigenvalue weighted by Gasteiger charge is -2.28. The molecule has 6 nitrogen and oxygen atoms in total. The normalized spacial score (nSPS) is 16.5. The molecule has 1 unspecified atom stereocenters. The number of hydrogen-bond donors (Lipinski definition) is 2. The van der Waals surface area contributed by atoms with Gasteiger partial charge in [-0.25, -0.2) is 0 Å². The number of ether oxygens (including phenoxy) is 1. The molecule has 1 amide bonds. The number of nitrogens with zero attached hydrogens (tertiary/aromatic N) is 1. The van der Waals surface area contributed by atoms with E-state index in [2.05, 4.69) is 9.97 Å². The Labute approximate surface area is 154 Å². The van der Waals surface area contributed by atoms with E-state index in [1.807, 2.05) is 19.1 Å². The number of nitrogens with two attached hydrogens (primary N) is 1. The average Bonchev–Trinajstić information content (AvgIpc) is 2.55. The lowest BCUT2D eigenvalue weighted by atomic mass is 9.96. The van der Waals surface area contributed by atoms with E-state index in [1.54, 1.807) is 6.07 Å².